The lowest BCUT2D eigenvalue weighted by molar-refractivity contribution is -0.115. The van der Waals surface area contributed by atoms with Crippen LogP contribution in [0, 0.1) is 0 Å². The molecule has 0 saturated carbocycles. The summed E-state index contributed by atoms with van der Waals surface area (Å²) in [5.41, 5.74) is 2.54. The van der Waals surface area contributed by atoms with E-state index in [4.69, 9.17) is 16.3 Å². The van der Waals surface area contributed by atoms with Crippen molar-refractivity contribution in [2.45, 2.75) is 11.3 Å². The SMILES string of the molecule is O=C1Cc2cc(S(=O)(=O)Nc3cccc(N4CCOCC4)c3)c(Cl)cc2N1. The zero-order valence-corrected chi connectivity index (χ0v) is 15.9. The van der Waals surface area contributed by atoms with E-state index in [1.54, 1.807) is 18.2 Å². The summed E-state index contributed by atoms with van der Waals surface area (Å²) in [6, 6.07) is 10.1. The fraction of sp³-hybridized carbons (Fsp3) is 0.278. The molecule has 142 valence electrons. The van der Waals surface area contributed by atoms with E-state index >= 15 is 0 Å². The van der Waals surface area contributed by atoms with Crippen LogP contribution in [0.25, 0.3) is 0 Å². The van der Waals surface area contributed by atoms with E-state index < -0.39 is 10.0 Å². The number of anilines is 3. The molecule has 2 aliphatic rings. The third-order valence-corrected chi connectivity index (χ3v) is 6.39. The van der Waals surface area contributed by atoms with Gasteiger partial charge in [-0.1, -0.05) is 17.7 Å². The van der Waals surface area contributed by atoms with Crippen LogP contribution in [0.4, 0.5) is 17.1 Å². The molecule has 0 atom stereocenters. The number of ether oxygens (including phenoxy) is 1. The Balaban J connectivity index is 1.61. The lowest BCUT2D eigenvalue weighted by Gasteiger charge is -2.29. The number of benzene rings is 2. The minimum atomic E-state index is -3.89. The standard InChI is InChI=1S/C18H18ClN3O4S/c19-15-11-16-12(9-18(23)20-16)8-17(15)27(24,25)21-13-2-1-3-14(10-13)22-4-6-26-7-5-22/h1-3,8,10-11,21H,4-7,9H2,(H,20,23). The molecule has 1 fully saturated rings. The Kier molecular flexibility index (Phi) is 4.71. The Morgan fingerprint density at radius 2 is 1.93 bits per heavy atom. The van der Waals surface area contributed by atoms with Crippen LogP contribution in [-0.2, 0) is 26.0 Å². The number of hydrogen-bond donors (Lipinski definition) is 2. The van der Waals surface area contributed by atoms with E-state index in [2.05, 4.69) is 14.9 Å². The van der Waals surface area contributed by atoms with Crippen molar-refractivity contribution in [1.82, 2.24) is 0 Å². The summed E-state index contributed by atoms with van der Waals surface area (Å²) in [5.74, 6) is -0.179. The van der Waals surface area contributed by atoms with Gasteiger partial charge in [0, 0.05) is 24.5 Å². The smallest absolute Gasteiger partial charge is 0.263 e. The lowest BCUT2D eigenvalue weighted by atomic mass is 10.2. The number of morpholine rings is 1. The van der Waals surface area contributed by atoms with Crippen LogP contribution < -0.4 is 14.9 Å². The number of sulfonamides is 1. The molecule has 0 unspecified atom stereocenters. The molecule has 1 saturated heterocycles. The maximum Gasteiger partial charge on any atom is 0.263 e. The van der Waals surface area contributed by atoms with Gasteiger partial charge in [0.2, 0.25) is 5.91 Å². The first-order chi connectivity index (χ1) is 12.9. The molecule has 4 rings (SSSR count). The van der Waals surface area contributed by atoms with Crippen LogP contribution in [-0.4, -0.2) is 40.6 Å². The van der Waals surface area contributed by atoms with Gasteiger partial charge in [0.05, 0.1) is 30.3 Å². The fourth-order valence-electron chi connectivity index (χ4n) is 3.23. The summed E-state index contributed by atoms with van der Waals surface area (Å²) < 4.78 is 33.6. The Bertz CT molecular complexity index is 1000. The van der Waals surface area contributed by atoms with Crippen molar-refractivity contribution < 1.29 is 17.9 Å². The molecule has 1 amide bonds. The monoisotopic (exact) mass is 407 g/mol. The van der Waals surface area contributed by atoms with Crippen molar-refractivity contribution in [1.29, 1.82) is 0 Å². The number of carbonyl (C=O) groups is 1. The molecule has 0 bridgehead atoms. The van der Waals surface area contributed by atoms with Crippen molar-refractivity contribution in [3.63, 3.8) is 0 Å². The molecule has 9 heteroatoms. The van der Waals surface area contributed by atoms with Crippen LogP contribution in [0.3, 0.4) is 0 Å². The molecule has 2 N–H and O–H groups in total. The van der Waals surface area contributed by atoms with Crippen molar-refractivity contribution in [3.05, 3.63) is 47.0 Å². The summed E-state index contributed by atoms with van der Waals surface area (Å²) in [6.07, 6.45) is 0.140. The summed E-state index contributed by atoms with van der Waals surface area (Å²) in [5, 5.41) is 2.72. The van der Waals surface area contributed by atoms with E-state index in [-0.39, 0.29) is 22.2 Å². The highest BCUT2D eigenvalue weighted by Crippen LogP contribution is 2.33. The molecule has 0 aromatic heterocycles. The third kappa shape index (κ3) is 3.73. The summed E-state index contributed by atoms with van der Waals surface area (Å²) in [6.45, 7) is 2.81. The lowest BCUT2D eigenvalue weighted by Crippen LogP contribution is -2.36. The van der Waals surface area contributed by atoms with Gasteiger partial charge in [-0.3, -0.25) is 9.52 Å². The first kappa shape index (κ1) is 18.1. The van der Waals surface area contributed by atoms with Crippen LogP contribution in [0.1, 0.15) is 5.56 Å². The quantitative estimate of drug-likeness (QED) is 0.812. The molecule has 0 radical (unpaired) electrons. The van der Waals surface area contributed by atoms with Gasteiger partial charge in [0.1, 0.15) is 4.90 Å². The van der Waals surface area contributed by atoms with E-state index in [1.807, 2.05) is 6.07 Å². The van der Waals surface area contributed by atoms with E-state index in [1.165, 1.54) is 12.1 Å². The molecule has 0 aliphatic carbocycles. The number of carbonyl (C=O) groups excluding carboxylic acids is 1. The Labute approximate surface area is 162 Å². The van der Waals surface area contributed by atoms with Gasteiger partial charge >= 0.3 is 0 Å². The number of rotatable bonds is 4. The average molecular weight is 408 g/mol. The normalized spacial score (nSPS) is 16.8. The number of nitrogens with zero attached hydrogens (tertiary/aromatic N) is 1. The van der Waals surface area contributed by atoms with Gasteiger partial charge in [-0.15, -0.1) is 0 Å². The first-order valence-corrected chi connectivity index (χ1v) is 10.4. The van der Waals surface area contributed by atoms with Crippen molar-refractivity contribution >= 4 is 44.6 Å². The van der Waals surface area contributed by atoms with Crippen molar-refractivity contribution in [3.8, 4) is 0 Å². The van der Waals surface area contributed by atoms with Gasteiger partial charge in [-0.2, -0.15) is 0 Å². The minimum absolute atomic E-state index is 0.0452. The third-order valence-electron chi connectivity index (χ3n) is 4.55. The highest BCUT2D eigenvalue weighted by atomic mass is 35.5. The molecular formula is C18H18ClN3O4S. The predicted octanol–water partition coefficient (Wildman–Crippen LogP) is 2.47. The van der Waals surface area contributed by atoms with E-state index in [9.17, 15) is 13.2 Å². The largest absolute Gasteiger partial charge is 0.378 e. The topological polar surface area (TPSA) is 87.7 Å². The van der Waals surface area contributed by atoms with Crippen molar-refractivity contribution in [2.75, 3.05) is 41.2 Å². The maximum atomic E-state index is 12.9. The number of amides is 1. The summed E-state index contributed by atoms with van der Waals surface area (Å²) >= 11 is 6.17. The van der Waals surface area contributed by atoms with Gasteiger partial charge in [0.15, 0.2) is 0 Å². The van der Waals surface area contributed by atoms with Gasteiger partial charge in [-0.05, 0) is 35.9 Å². The molecule has 2 aliphatic heterocycles. The van der Waals surface area contributed by atoms with E-state index in [0.29, 0.717) is 30.2 Å². The average Bonchev–Trinajstić information content (AvgIpc) is 3.00. The zero-order chi connectivity index (χ0) is 19.0. The summed E-state index contributed by atoms with van der Waals surface area (Å²) in [4.78, 5) is 13.6. The molecule has 2 aromatic rings. The highest BCUT2D eigenvalue weighted by molar-refractivity contribution is 7.92. The fourth-order valence-corrected chi connectivity index (χ4v) is 4.86. The Morgan fingerprint density at radius 1 is 1.15 bits per heavy atom. The molecule has 0 spiro atoms. The van der Waals surface area contributed by atoms with Crippen LogP contribution in [0.2, 0.25) is 5.02 Å². The second-order valence-corrected chi connectivity index (χ2v) is 8.48. The number of hydrogen-bond acceptors (Lipinski definition) is 5. The molecule has 2 aromatic carbocycles. The van der Waals surface area contributed by atoms with Gasteiger partial charge in [0.25, 0.3) is 10.0 Å². The Hall–Kier alpha value is -2.29. The predicted molar refractivity (Wildman–Crippen MR) is 104 cm³/mol. The molecule has 7 nitrogen and oxygen atoms in total. The highest BCUT2D eigenvalue weighted by Gasteiger charge is 2.25. The number of fused-ring (bicyclic) bond motifs is 1. The van der Waals surface area contributed by atoms with E-state index in [0.717, 1.165) is 18.8 Å². The van der Waals surface area contributed by atoms with Crippen LogP contribution >= 0.6 is 11.6 Å². The summed E-state index contributed by atoms with van der Waals surface area (Å²) in [7, 11) is -3.89. The van der Waals surface area contributed by atoms with Crippen LogP contribution in [0.15, 0.2) is 41.3 Å². The van der Waals surface area contributed by atoms with Gasteiger partial charge < -0.3 is 15.0 Å². The van der Waals surface area contributed by atoms with Gasteiger partial charge in [-0.25, -0.2) is 8.42 Å². The molecular weight excluding hydrogens is 390 g/mol. The number of halogens is 1. The number of nitrogens with one attached hydrogen (secondary N) is 2. The molecule has 27 heavy (non-hydrogen) atoms. The molecule has 2 heterocycles. The van der Waals surface area contributed by atoms with Crippen LogP contribution in [0.5, 0.6) is 0 Å². The van der Waals surface area contributed by atoms with Crippen molar-refractivity contribution in [2.24, 2.45) is 0 Å². The maximum absolute atomic E-state index is 12.9. The second-order valence-electron chi connectivity index (χ2n) is 6.42. The zero-order valence-electron chi connectivity index (χ0n) is 14.4. The minimum Gasteiger partial charge on any atom is -0.378 e. The first-order valence-electron chi connectivity index (χ1n) is 8.50. The Morgan fingerprint density at radius 3 is 2.70 bits per heavy atom. The second kappa shape index (κ2) is 7.03.